The van der Waals surface area contributed by atoms with Crippen molar-refractivity contribution < 1.29 is 47.7 Å². The lowest BCUT2D eigenvalue weighted by atomic mass is 9.55. The molecule has 0 aromatic rings. The number of rotatable bonds is 37. The van der Waals surface area contributed by atoms with Crippen molar-refractivity contribution in [1.29, 1.82) is 0 Å². The van der Waals surface area contributed by atoms with E-state index in [0.29, 0.717) is 32.1 Å². The first-order valence-electron chi connectivity index (χ1n) is 20.9. The lowest BCUT2D eigenvalue weighted by molar-refractivity contribution is -0.131. The summed E-state index contributed by atoms with van der Waals surface area (Å²) in [4.78, 5) is 70.5. The summed E-state index contributed by atoms with van der Waals surface area (Å²) in [5.41, 5.74) is 0.0914. The molecule has 0 aromatic carbocycles. The summed E-state index contributed by atoms with van der Waals surface area (Å²) in [7, 11) is 5.68. The monoisotopic (exact) mass is 907 g/mol. The van der Waals surface area contributed by atoms with Gasteiger partial charge in [0.1, 0.15) is 32.2 Å². The van der Waals surface area contributed by atoms with Crippen LogP contribution in [0.3, 0.4) is 0 Å². The van der Waals surface area contributed by atoms with Gasteiger partial charge in [0.15, 0.2) is 11.6 Å². The Morgan fingerprint density at radius 2 is 1.00 bits per heavy atom. The second-order valence-corrected chi connectivity index (χ2v) is 19.6. The molecule has 1 radical (unpaired) electrons. The molecule has 4 N–H and O–H groups in total. The minimum absolute atomic E-state index is 0.0145. The van der Waals surface area contributed by atoms with Crippen molar-refractivity contribution in [3.8, 4) is 0 Å². The number of unbranched alkanes of at least 4 members (excludes halogenated alkanes) is 2. The molecule has 19 heteroatoms. The maximum atomic E-state index is 13.0. The van der Waals surface area contributed by atoms with Gasteiger partial charge in [0.25, 0.3) is 0 Å². The van der Waals surface area contributed by atoms with Crippen LogP contribution in [-0.4, -0.2) is 179 Å². The fourth-order valence-corrected chi connectivity index (χ4v) is 12.3. The van der Waals surface area contributed by atoms with Gasteiger partial charge in [0, 0.05) is 82.0 Å². The summed E-state index contributed by atoms with van der Waals surface area (Å²) in [6.07, 6.45) is 6.57. The summed E-state index contributed by atoms with van der Waals surface area (Å²) in [6.45, 7) is 11.0. The van der Waals surface area contributed by atoms with E-state index in [1.165, 1.54) is 32.4 Å². The van der Waals surface area contributed by atoms with Gasteiger partial charge in [0.2, 0.25) is 19.1 Å². The van der Waals surface area contributed by atoms with Crippen LogP contribution in [-0.2, 0) is 47.7 Å². The molecule has 0 aliphatic heterocycles. The number of hydrogen-bond donors (Lipinski definition) is 4. The SMILES string of the molecule is CCCCC[B]C(=O)C1C(SCCNC(=O)COCCOCC(C)=O)C(SCCNC)C1C(C)=O.CNCCSC1CCC1SCCNC(=O)COCCOCC(C)=O. The highest BCUT2D eigenvalue weighted by Gasteiger charge is 2.55. The fraction of sp³-hybridized carbons (Fsp3) is 0.850. The minimum Gasteiger partial charge on any atom is -0.371 e. The van der Waals surface area contributed by atoms with E-state index in [0.717, 1.165) is 60.7 Å². The fourth-order valence-electron chi connectivity index (χ4n) is 5.98. The smallest absolute Gasteiger partial charge is 0.246 e. The van der Waals surface area contributed by atoms with Crippen LogP contribution in [0.4, 0.5) is 0 Å². The van der Waals surface area contributed by atoms with Crippen molar-refractivity contribution in [3.63, 3.8) is 0 Å². The molecule has 0 aromatic heterocycles. The lowest BCUT2D eigenvalue weighted by Gasteiger charge is -2.50. The maximum absolute atomic E-state index is 13.0. The van der Waals surface area contributed by atoms with E-state index in [-0.39, 0.29) is 96.8 Å². The van der Waals surface area contributed by atoms with Gasteiger partial charge in [-0.25, -0.2) is 0 Å². The lowest BCUT2D eigenvalue weighted by Crippen LogP contribution is -2.59. The van der Waals surface area contributed by atoms with E-state index >= 15 is 0 Å². The number of ketones is 3. The Labute approximate surface area is 371 Å². The molecule has 6 unspecified atom stereocenters. The molecule has 2 aliphatic carbocycles. The van der Waals surface area contributed by atoms with Gasteiger partial charge >= 0.3 is 0 Å². The van der Waals surface area contributed by atoms with E-state index in [4.69, 9.17) is 18.9 Å². The molecule has 0 spiro atoms. The summed E-state index contributed by atoms with van der Waals surface area (Å²) < 4.78 is 20.6. The predicted molar refractivity (Wildman–Crippen MR) is 245 cm³/mol. The summed E-state index contributed by atoms with van der Waals surface area (Å²) in [6, 6.07) is 0. The zero-order valence-electron chi connectivity index (χ0n) is 36.3. The second kappa shape index (κ2) is 36.3. The van der Waals surface area contributed by atoms with Crippen molar-refractivity contribution in [2.45, 2.75) is 87.1 Å². The van der Waals surface area contributed by atoms with Crippen LogP contribution in [0.1, 0.15) is 59.8 Å². The number of Topliss-reactive ketones (excluding diaryl/α,β-unsaturated/α-hetero) is 3. The number of nitrogens with one attached hydrogen (secondary N) is 4. The summed E-state index contributed by atoms with van der Waals surface area (Å²) in [5.74, 6) is 2.84. The molecule has 6 atom stereocenters. The molecule has 2 amide bonds. The largest absolute Gasteiger partial charge is 0.371 e. The molecular formula is C40H72BN4O10S4. The van der Waals surface area contributed by atoms with Crippen molar-refractivity contribution in [2.75, 3.05) is 116 Å². The van der Waals surface area contributed by atoms with E-state index in [2.05, 4.69) is 40.0 Å². The quantitative estimate of drug-likeness (QED) is 0.0526. The summed E-state index contributed by atoms with van der Waals surface area (Å²) in [5, 5.41) is 13.7. The molecule has 0 saturated heterocycles. The molecule has 14 nitrogen and oxygen atoms in total. The molecular weight excluding hydrogens is 836 g/mol. The number of carbonyl (C=O) groups is 6. The van der Waals surface area contributed by atoms with Gasteiger partial charge in [-0.05, 0) is 47.7 Å². The van der Waals surface area contributed by atoms with Gasteiger partial charge < -0.3 is 45.0 Å². The average Bonchev–Trinajstić information content (AvgIpc) is 3.17. The van der Waals surface area contributed by atoms with Crippen molar-refractivity contribution >= 4 is 89.2 Å². The van der Waals surface area contributed by atoms with Gasteiger partial charge in [-0.1, -0.05) is 32.5 Å². The normalized spacial score (nSPS) is 20.6. The molecule has 2 rings (SSSR count). The predicted octanol–water partition coefficient (Wildman–Crippen LogP) is 2.76. The third kappa shape index (κ3) is 26.8. The Morgan fingerprint density at radius 1 is 0.576 bits per heavy atom. The summed E-state index contributed by atoms with van der Waals surface area (Å²) >= 11 is 7.44. The average molecular weight is 908 g/mol. The number of hydrogen-bond acceptors (Lipinski definition) is 16. The van der Waals surface area contributed by atoms with E-state index in [9.17, 15) is 28.8 Å². The third-order valence-electron chi connectivity index (χ3n) is 9.18. The minimum atomic E-state index is -0.278. The Balaban J connectivity index is 0.000000632. The number of thioether (sulfide) groups is 4. The molecule has 0 heterocycles. The van der Waals surface area contributed by atoms with Crippen LogP contribution < -0.4 is 21.3 Å². The Hall–Kier alpha value is -1.16. The van der Waals surface area contributed by atoms with Gasteiger partial charge in [-0.2, -0.15) is 47.0 Å². The highest BCUT2D eigenvalue weighted by atomic mass is 32.2. The molecule has 59 heavy (non-hydrogen) atoms. The van der Waals surface area contributed by atoms with E-state index in [1.54, 1.807) is 37.7 Å². The van der Waals surface area contributed by atoms with Crippen molar-refractivity contribution in [2.24, 2.45) is 11.8 Å². The third-order valence-corrected chi connectivity index (χ3v) is 15.2. The van der Waals surface area contributed by atoms with Crippen LogP contribution in [0.2, 0.25) is 6.32 Å². The van der Waals surface area contributed by atoms with Gasteiger partial charge in [-0.3, -0.25) is 24.0 Å². The van der Waals surface area contributed by atoms with Crippen LogP contribution in [0.5, 0.6) is 0 Å². The Bertz CT molecular complexity index is 1210. The zero-order valence-corrected chi connectivity index (χ0v) is 39.6. The Kier molecular flexibility index (Phi) is 34.4. The number of ether oxygens (including phenoxy) is 4. The first-order valence-corrected chi connectivity index (χ1v) is 25.1. The van der Waals surface area contributed by atoms with Gasteiger partial charge in [0.05, 0.1) is 32.1 Å². The standard InChI is InChI=1S/C24H42BN2O6S2.C16H30N2O4S2/c1-5-6-7-8-25-24(31)21-20(18(3)29)22(34-13-9-26-4)23(21)35-14-10-27-19(30)16-33-12-11-32-15-17(2)28;1-13(19)11-21-7-8-22-12-16(20)18-6-10-24-15-4-3-14(15)23-9-5-17-2/h20-23,26H,5-16H2,1-4H3,(H,27,30);14-15,17H,3-12H2,1-2H3,(H,18,20). The molecule has 2 aliphatic rings. The number of amides is 2. The first-order chi connectivity index (χ1) is 28.5. The topological polar surface area (TPSA) is 187 Å². The van der Waals surface area contributed by atoms with Crippen LogP contribution >= 0.6 is 47.0 Å². The number of carbonyl (C=O) groups excluding carboxylic acids is 6. The molecule has 2 saturated carbocycles. The maximum Gasteiger partial charge on any atom is 0.246 e. The van der Waals surface area contributed by atoms with Crippen molar-refractivity contribution in [3.05, 3.63) is 0 Å². The van der Waals surface area contributed by atoms with Gasteiger partial charge in [-0.15, -0.1) is 0 Å². The zero-order chi connectivity index (χ0) is 43.7. The van der Waals surface area contributed by atoms with Crippen molar-refractivity contribution in [1.82, 2.24) is 21.3 Å². The highest BCUT2D eigenvalue weighted by Crippen LogP contribution is 2.50. The highest BCUT2D eigenvalue weighted by molar-refractivity contribution is 8.04. The second-order valence-electron chi connectivity index (χ2n) is 14.4. The Morgan fingerprint density at radius 3 is 1.42 bits per heavy atom. The molecule has 339 valence electrons. The molecule has 2 fully saturated rings. The van der Waals surface area contributed by atoms with E-state index < -0.39 is 0 Å². The van der Waals surface area contributed by atoms with Crippen LogP contribution in [0.15, 0.2) is 0 Å². The van der Waals surface area contributed by atoms with E-state index in [1.807, 2.05) is 25.9 Å². The molecule has 0 bridgehead atoms. The van der Waals surface area contributed by atoms with Crippen LogP contribution in [0.25, 0.3) is 0 Å². The first kappa shape index (κ1) is 55.9. The van der Waals surface area contributed by atoms with Crippen LogP contribution in [0, 0.1) is 11.8 Å².